The number of aryl methyl sites for hydroxylation is 1. The summed E-state index contributed by atoms with van der Waals surface area (Å²) in [6.07, 6.45) is 4.73. The zero-order valence-corrected chi connectivity index (χ0v) is 13.3. The Morgan fingerprint density at radius 2 is 2.25 bits per heavy atom. The van der Waals surface area contributed by atoms with E-state index >= 15 is 0 Å². The topological polar surface area (TPSA) is 78.0 Å². The molecule has 0 aliphatic rings. The lowest BCUT2D eigenvalue weighted by Gasteiger charge is -2.14. The van der Waals surface area contributed by atoms with Crippen LogP contribution in [0.2, 0.25) is 0 Å². The van der Waals surface area contributed by atoms with Crippen molar-refractivity contribution in [1.29, 1.82) is 0 Å². The Bertz CT molecular complexity index is 407. The molecule has 0 aliphatic carbocycles. The van der Waals surface area contributed by atoms with Gasteiger partial charge in [0.1, 0.15) is 5.69 Å². The summed E-state index contributed by atoms with van der Waals surface area (Å²) in [5.74, 6) is 1.31. The van der Waals surface area contributed by atoms with E-state index in [4.69, 9.17) is 0 Å². The van der Waals surface area contributed by atoms with Crippen molar-refractivity contribution in [3.8, 4) is 0 Å². The molecule has 1 rings (SSSR count). The van der Waals surface area contributed by atoms with Gasteiger partial charge in [0.2, 0.25) is 0 Å². The van der Waals surface area contributed by atoms with Crippen LogP contribution in [-0.2, 0) is 6.42 Å². The Morgan fingerprint density at radius 1 is 1.50 bits per heavy atom. The van der Waals surface area contributed by atoms with Crippen LogP contribution in [0.5, 0.6) is 0 Å². The van der Waals surface area contributed by atoms with E-state index in [2.05, 4.69) is 29.4 Å². The largest absolute Gasteiger partial charge is 0.394 e. The van der Waals surface area contributed by atoms with Crippen molar-refractivity contribution in [2.45, 2.75) is 39.2 Å². The molecule has 0 saturated carbocycles. The fourth-order valence-corrected chi connectivity index (χ4v) is 2.30. The van der Waals surface area contributed by atoms with E-state index in [1.165, 1.54) is 0 Å². The van der Waals surface area contributed by atoms with E-state index in [0.717, 1.165) is 30.7 Å². The van der Waals surface area contributed by atoms with Gasteiger partial charge in [0, 0.05) is 5.69 Å². The van der Waals surface area contributed by atoms with Gasteiger partial charge in [-0.2, -0.15) is 16.9 Å². The van der Waals surface area contributed by atoms with E-state index in [1.54, 1.807) is 17.8 Å². The fraction of sp³-hybridized carbons (Fsp3) is 0.714. The number of aliphatic hydroxyl groups excluding tert-OH is 1. The SMILES string of the molecule is CSCCC(CO)NC(=O)c1cc(CCC(C)C)[nH]n1. The van der Waals surface area contributed by atoms with Crippen LogP contribution in [0.1, 0.15) is 42.9 Å². The molecule has 20 heavy (non-hydrogen) atoms. The molecular weight excluding hydrogens is 274 g/mol. The first-order chi connectivity index (χ1) is 9.56. The van der Waals surface area contributed by atoms with Gasteiger partial charge in [-0.25, -0.2) is 0 Å². The summed E-state index contributed by atoms with van der Waals surface area (Å²) in [6.45, 7) is 4.29. The lowest BCUT2D eigenvalue weighted by molar-refractivity contribution is 0.0910. The van der Waals surface area contributed by atoms with Crippen molar-refractivity contribution in [2.75, 3.05) is 18.6 Å². The number of aromatic amines is 1. The second-order valence-electron chi connectivity index (χ2n) is 5.35. The highest BCUT2D eigenvalue weighted by Gasteiger charge is 2.15. The molecule has 0 aliphatic heterocycles. The summed E-state index contributed by atoms with van der Waals surface area (Å²) in [6, 6.07) is 1.59. The van der Waals surface area contributed by atoms with Gasteiger partial charge >= 0.3 is 0 Å². The van der Waals surface area contributed by atoms with E-state index in [0.29, 0.717) is 11.6 Å². The van der Waals surface area contributed by atoms with Crippen LogP contribution in [0.3, 0.4) is 0 Å². The number of hydrogen-bond donors (Lipinski definition) is 3. The monoisotopic (exact) mass is 299 g/mol. The molecule has 1 aromatic rings. The zero-order chi connectivity index (χ0) is 15.0. The van der Waals surface area contributed by atoms with Crippen LogP contribution in [0.15, 0.2) is 6.07 Å². The average Bonchev–Trinajstić information content (AvgIpc) is 2.89. The number of H-pyrrole nitrogens is 1. The molecule has 1 atom stereocenters. The van der Waals surface area contributed by atoms with Crippen LogP contribution in [0, 0.1) is 5.92 Å². The van der Waals surface area contributed by atoms with Gasteiger partial charge in [0.05, 0.1) is 12.6 Å². The van der Waals surface area contributed by atoms with Crippen molar-refractivity contribution >= 4 is 17.7 Å². The molecule has 3 N–H and O–H groups in total. The molecule has 1 heterocycles. The molecule has 5 nitrogen and oxygen atoms in total. The van der Waals surface area contributed by atoms with Crippen LogP contribution >= 0.6 is 11.8 Å². The Balaban J connectivity index is 2.50. The minimum absolute atomic E-state index is 0.0447. The first-order valence-corrected chi connectivity index (χ1v) is 8.41. The Morgan fingerprint density at radius 3 is 2.85 bits per heavy atom. The third kappa shape index (κ3) is 5.96. The molecule has 1 unspecified atom stereocenters. The van der Waals surface area contributed by atoms with Gasteiger partial charge < -0.3 is 10.4 Å². The highest BCUT2D eigenvalue weighted by molar-refractivity contribution is 7.98. The first-order valence-electron chi connectivity index (χ1n) is 7.01. The molecule has 0 radical (unpaired) electrons. The van der Waals surface area contributed by atoms with Crippen LogP contribution in [0.4, 0.5) is 0 Å². The minimum Gasteiger partial charge on any atom is -0.394 e. The first kappa shape index (κ1) is 17.0. The second-order valence-corrected chi connectivity index (χ2v) is 6.33. The molecule has 0 aromatic carbocycles. The number of amides is 1. The van der Waals surface area contributed by atoms with Crippen molar-refractivity contribution in [1.82, 2.24) is 15.5 Å². The third-order valence-corrected chi connectivity index (χ3v) is 3.72. The number of thioether (sulfide) groups is 1. The molecule has 0 fully saturated rings. The van der Waals surface area contributed by atoms with Gasteiger partial charge in [-0.1, -0.05) is 13.8 Å². The molecule has 0 spiro atoms. The second kappa shape index (κ2) is 9.02. The predicted molar refractivity (Wildman–Crippen MR) is 83.1 cm³/mol. The van der Waals surface area contributed by atoms with Gasteiger partial charge in [-0.3, -0.25) is 9.89 Å². The molecule has 0 saturated heterocycles. The summed E-state index contributed by atoms with van der Waals surface area (Å²) in [7, 11) is 0. The Hall–Kier alpha value is -1.01. The van der Waals surface area contributed by atoms with Crippen molar-refractivity contribution in [2.24, 2.45) is 5.92 Å². The Kier molecular flexibility index (Phi) is 7.69. The summed E-state index contributed by atoms with van der Waals surface area (Å²) < 4.78 is 0. The number of aromatic nitrogens is 2. The molecule has 114 valence electrons. The van der Waals surface area contributed by atoms with Gasteiger partial charge in [-0.05, 0) is 43.3 Å². The van der Waals surface area contributed by atoms with Crippen LogP contribution < -0.4 is 5.32 Å². The number of nitrogens with zero attached hydrogens (tertiary/aromatic N) is 1. The molecular formula is C14H25N3O2S. The highest BCUT2D eigenvalue weighted by Crippen LogP contribution is 2.08. The highest BCUT2D eigenvalue weighted by atomic mass is 32.2. The van der Waals surface area contributed by atoms with E-state index < -0.39 is 0 Å². The number of carbonyl (C=O) groups is 1. The lowest BCUT2D eigenvalue weighted by Crippen LogP contribution is -2.38. The number of hydrogen-bond acceptors (Lipinski definition) is 4. The average molecular weight is 299 g/mol. The fourth-order valence-electron chi connectivity index (χ4n) is 1.78. The maximum atomic E-state index is 12.0. The van der Waals surface area contributed by atoms with Crippen LogP contribution in [-0.4, -0.2) is 45.9 Å². The van der Waals surface area contributed by atoms with Gasteiger partial charge in [-0.15, -0.1) is 0 Å². The summed E-state index contributed by atoms with van der Waals surface area (Å²) in [5.41, 5.74) is 1.37. The number of aliphatic hydroxyl groups is 1. The lowest BCUT2D eigenvalue weighted by atomic mass is 10.1. The smallest absolute Gasteiger partial charge is 0.272 e. The summed E-state index contributed by atoms with van der Waals surface area (Å²) >= 11 is 1.70. The summed E-state index contributed by atoms with van der Waals surface area (Å²) in [4.78, 5) is 12.0. The number of rotatable bonds is 9. The molecule has 6 heteroatoms. The normalized spacial score (nSPS) is 12.7. The van der Waals surface area contributed by atoms with Gasteiger partial charge in [0.15, 0.2) is 0 Å². The van der Waals surface area contributed by atoms with Gasteiger partial charge in [0.25, 0.3) is 5.91 Å². The predicted octanol–water partition coefficient (Wildman–Crippen LogP) is 1.84. The van der Waals surface area contributed by atoms with Crippen molar-refractivity contribution in [3.63, 3.8) is 0 Å². The minimum atomic E-state index is -0.225. The number of carbonyl (C=O) groups excluding carboxylic acids is 1. The van der Waals surface area contributed by atoms with E-state index in [1.807, 2.05) is 6.26 Å². The van der Waals surface area contributed by atoms with E-state index in [-0.39, 0.29) is 18.6 Å². The standard InChI is InChI=1S/C14H25N3O2S/c1-10(2)4-5-11-8-13(17-16-11)14(19)15-12(9-18)6-7-20-3/h8,10,12,18H,4-7,9H2,1-3H3,(H,15,19)(H,16,17). The van der Waals surface area contributed by atoms with Crippen molar-refractivity contribution in [3.05, 3.63) is 17.5 Å². The Labute approximate surface area is 124 Å². The zero-order valence-electron chi connectivity index (χ0n) is 12.5. The molecule has 0 bridgehead atoms. The van der Waals surface area contributed by atoms with E-state index in [9.17, 15) is 9.90 Å². The number of nitrogens with one attached hydrogen (secondary N) is 2. The maximum Gasteiger partial charge on any atom is 0.272 e. The quantitative estimate of drug-likeness (QED) is 0.650. The maximum absolute atomic E-state index is 12.0. The summed E-state index contributed by atoms with van der Waals surface area (Å²) in [5, 5.41) is 19.0. The van der Waals surface area contributed by atoms with Crippen LogP contribution in [0.25, 0.3) is 0 Å². The molecule has 1 aromatic heterocycles. The third-order valence-electron chi connectivity index (χ3n) is 3.08. The molecule has 1 amide bonds. The van der Waals surface area contributed by atoms with Crippen molar-refractivity contribution < 1.29 is 9.90 Å².